The van der Waals surface area contributed by atoms with Crippen molar-refractivity contribution in [1.29, 1.82) is 0 Å². The molecular formula is C20H21NO. The zero-order chi connectivity index (χ0) is 15.2. The van der Waals surface area contributed by atoms with Crippen LogP contribution in [0.25, 0.3) is 0 Å². The largest absolute Gasteiger partial charge is 0.271 e. The molecule has 3 rings (SSSR count). The van der Waals surface area contributed by atoms with Crippen molar-refractivity contribution >= 4 is 5.69 Å². The summed E-state index contributed by atoms with van der Waals surface area (Å²) in [6.07, 6.45) is 2.04. The highest BCUT2D eigenvalue weighted by Gasteiger charge is 2.36. The summed E-state index contributed by atoms with van der Waals surface area (Å²) in [5.41, 5.74) is 2.33. The lowest BCUT2D eigenvalue weighted by molar-refractivity contribution is 0.156. The lowest BCUT2D eigenvalue weighted by Gasteiger charge is -2.26. The SMILES string of the molecule is CCCC#CC1CON(c2ccccc2)C1c1ccccc1. The van der Waals surface area contributed by atoms with Crippen LogP contribution in [-0.4, -0.2) is 6.61 Å². The molecular weight excluding hydrogens is 270 g/mol. The van der Waals surface area contributed by atoms with Crippen LogP contribution in [0.5, 0.6) is 0 Å². The Morgan fingerprint density at radius 2 is 1.73 bits per heavy atom. The minimum absolute atomic E-state index is 0.146. The first-order chi connectivity index (χ1) is 10.9. The lowest BCUT2D eigenvalue weighted by Crippen LogP contribution is -2.23. The first-order valence-corrected chi connectivity index (χ1v) is 7.90. The number of hydroxylamine groups is 1. The Balaban J connectivity index is 1.93. The van der Waals surface area contributed by atoms with Crippen molar-refractivity contribution in [1.82, 2.24) is 0 Å². The average molecular weight is 291 g/mol. The minimum Gasteiger partial charge on any atom is -0.271 e. The molecule has 2 nitrogen and oxygen atoms in total. The van der Waals surface area contributed by atoms with Crippen LogP contribution in [0.2, 0.25) is 0 Å². The molecule has 22 heavy (non-hydrogen) atoms. The molecule has 0 bridgehead atoms. The van der Waals surface area contributed by atoms with Crippen molar-refractivity contribution < 1.29 is 4.84 Å². The van der Waals surface area contributed by atoms with E-state index in [0.717, 1.165) is 18.5 Å². The number of nitrogens with zero attached hydrogens (tertiary/aromatic N) is 1. The number of benzene rings is 2. The first kappa shape index (κ1) is 14.7. The number of hydrogen-bond donors (Lipinski definition) is 0. The van der Waals surface area contributed by atoms with E-state index < -0.39 is 0 Å². The Hall–Kier alpha value is -2.24. The third-order valence-corrected chi connectivity index (χ3v) is 3.84. The van der Waals surface area contributed by atoms with Crippen molar-refractivity contribution in [2.24, 2.45) is 5.92 Å². The van der Waals surface area contributed by atoms with Crippen LogP contribution in [0.15, 0.2) is 60.7 Å². The summed E-state index contributed by atoms with van der Waals surface area (Å²) in [4.78, 5) is 5.98. The van der Waals surface area contributed by atoms with Crippen molar-refractivity contribution in [2.45, 2.75) is 25.8 Å². The maximum atomic E-state index is 5.98. The molecule has 1 heterocycles. The van der Waals surface area contributed by atoms with Crippen LogP contribution in [-0.2, 0) is 4.84 Å². The molecule has 2 atom stereocenters. The van der Waals surface area contributed by atoms with E-state index in [9.17, 15) is 0 Å². The number of para-hydroxylation sites is 1. The number of hydrogen-bond acceptors (Lipinski definition) is 2. The van der Waals surface area contributed by atoms with E-state index in [1.54, 1.807) is 0 Å². The molecule has 1 aliphatic rings. The summed E-state index contributed by atoms with van der Waals surface area (Å²) in [5, 5.41) is 2.01. The van der Waals surface area contributed by atoms with Crippen molar-refractivity contribution in [3.63, 3.8) is 0 Å². The van der Waals surface area contributed by atoms with Crippen molar-refractivity contribution in [3.05, 3.63) is 66.2 Å². The molecule has 1 aliphatic heterocycles. The Morgan fingerprint density at radius 1 is 1.05 bits per heavy atom. The molecule has 0 saturated carbocycles. The van der Waals surface area contributed by atoms with Gasteiger partial charge in [-0.2, -0.15) is 0 Å². The molecule has 0 spiro atoms. The summed E-state index contributed by atoms with van der Waals surface area (Å²) in [5.74, 6) is 6.91. The molecule has 0 N–H and O–H groups in total. The van der Waals surface area contributed by atoms with Gasteiger partial charge in [0.25, 0.3) is 0 Å². The maximum Gasteiger partial charge on any atom is 0.0975 e. The molecule has 0 aromatic heterocycles. The van der Waals surface area contributed by atoms with Crippen LogP contribution in [0.1, 0.15) is 31.4 Å². The third-order valence-electron chi connectivity index (χ3n) is 3.84. The van der Waals surface area contributed by atoms with E-state index >= 15 is 0 Å². The number of rotatable bonds is 3. The van der Waals surface area contributed by atoms with Gasteiger partial charge in [-0.15, -0.1) is 5.92 Å². The van der Waals surface area contributed by atoms with Gasteiger partial charge in [-0.05, 0) is 24.1 Å². The maximum absolute atomic E-state index is 5.98. The second-order valence-corrected chi connectivity index (χ2v) is 5.49. The Labute approximate surface area is 132 Å². The van der Waals surface area contributed by atoms with Crippen molar-refractivity contribution in [3.8, 4) is 11.8 Å². The second-order valence-electron chi connectivity index (χ2n) is 5.49. The Kier molecular flexibility index (Phi) is 4.78. The van der Waals surface area contributed by atoms with E-state index in [1.807, 2.05) is 29.3 Å². The summed E-state index contributed by atoms with van der Waals surface area (Å²) in [6.45, 7) is 2.80. The fourth-order valence-corrected chi connectivity index (χ4v) is 2.77. The Morgan fingerprint density at radius 3 is 2.41 bits per heavy atom. The second kappa shape index (κ2) is 7.15. The van der Waals surface area contributed by atoms with Gasteiger partial charge < -0.3 is 0 Å². The average Bonchev–Trinajstić information content (AvgIpc) is 3.01. The number of anilines is 1. The minimum atomic E-state index is 0.146. The normalized spacial score (nSPS) is 20.5. The number of unbranched alkanes of at least 4 members (excludes halogenated alkanes) is 1. The summed E-state index contributed by atoms with van der Waals surface area (Å²) < 4.78 is 0. The van der Waals surface area contributed by atoms with Gasteiger partial charge in [-0.1, -0.05) is 61.4 Å². The molecule has 0 radical (unpaired) electrons. The smallest absolute Gasteiger partial charge is 0.0975 e. The van der Waals surface area contributed by atoms with Gasteiger partial charge in [0, 0.05) is 6.42 Å². The molecule has 2 aromatic carbocycles. The van der Waals surface area contributed by atoms with Gasteiger partial charge in [-0.25, -0.2) is 5.06 Å². The van der Waals surface area contributed by atoms with Gasteiger partial charge in [-0.3, -0.25) is 4.84 Å². The van der Waals surface area contributed by atoms with Gasteiger partial charge in [0.15, 0.2) is 0 Å². The van der Waals surface area contributed by atoms with E-state index in [4.69, 9.17) is 4.84 Å². The van der Waals surface area contributed by atoms with Crippen LogP contribution in [0.3, 0.4) is 0 Å². The third kappa shape index (κ3) is 3.16. The molecule has 1 fully saturated rings. The molecule has 0 amide bonds. The quantitative estimate of drug-likeness (QED) is 0.766. The van der Waals surface area contributed by atoms with E-state index in [0.29, 0.717) is 6.61 Å². The van der Waals surface area contributed by atoms with E-state index in [2.05, 4.69) is 55.2 Å². The van der Waals surface area contributed by atoms with Crippen LogP contribution in [0.4, 0.5) is 5.69 Å². The Bertz CT molecular complexity index is 642. The highest BCUT2D eigenvalue weighted by atomic mass is 16.7. The lowest BCUT2D eigenvalue weighted by atomic mass is 9.94. The van der Waals surface area contributed by atoms with Crippen LogP contribution >= 0.6 is 0 Å². The zero-order valence-electron chi connectivity index (χ0n) is 12.9. The highest BCUT2D eigenvalue weighted by Crippen LogP contribution is 2.38. The van der Waals surface area contributed by atoms with Crippen molar-refractivity contribution in [2.75, 3.05) is 11.7 Å². The van der Waals surface area contributed by atoms with Gasteiger partial charge in [0.05, 0.1) is 24.3 Å². The van der Waals surface area contributed by atoms with Crippen LogP contribution < -0.4 is 5.06 Å². The molecule has 2 aromatic rings. The van der Waals surface area contributed by atoms with Gasteiger partial charge in [0.1, 0.15) is 0 Å². The highest BCUT2D eigenvalue weighted by molar-refractivity contribution is 5.48. The predicted octanol–water partition coefficient (Wildman–Crippen LogP) is 4.60. The fraction of sp³-hybridized carbons (Fsp3) is 0.300. The fourth-order valence-electron chi connectivity index (χ4n) is 2.77. The van der Waals surface area contributed by atoms with Gasteiger partial charge >= 0.3 is 0 Å². The summed E-state index contributed by atoms with van der Waals surface area (Å²) >= 11 is 0. The van der Waals surface area contributed by atoms with Gasteiger partial charge in [0.2, 0.25) is 0 Å². The molecule has 2 heteroatoms. The first-order valence-electron chi connectivity index (χ1n) is 7.90. The summed E-state index contributed by atoms with van der Waals surface area (Å²) in [7, 11) is 0. The summed E-state index contributed by atoms with van der Waals surface area (Å²) in [6, 6.07) is 20.9. The standard InChI is InChI=1S/C20H21NO/c1-2-3-6-13-18-16-22-21(19-14-9-5-10-15-19)20(18)17-11-7-4-8-12-17/h4-5,7-12,14-15,18,20H,2-3,16H2,1H3. The monoisotopic (exact) mass is 291 g/mol. The van der Waals surface area contributed by atoms with Crippen LogP contribution in [0, 0.1) is 17.8 Å². The van der Waals surface area contributed by atoms with E-state index in [1.165, 1.54) is 5.56 Å². The zero-order valence-corrected chi connectivity index (χ0v) is 12.9. The molecule has 112 valence electrons. The predicted molar refractivity (Wildman–Crippen MR) is 90.2 cm³/mol. The molecule has 0 aliphatic carbocycles. The molecule has 1 saturated heterocycles. The topological polar surface area (TPSA) is 12.5 Å². The van der Waals surface area contributed by atoms with E-state index in [-0.39, 0.29) is 12.0 Å². The molecule has 2 unspecified atom stereocenters.